The Bertz CT molecular complexity index is 792. The van der Waals surface area contributed by atoms with Crippen molar-refractivity contribution in [3.05, 3.63) is 69.9 Å². The number of aliphatic hydroxyl groups excluding tert-OH is 1. The summed E-state index contributed by atoms with van der Waals surface area (Å²) in [6.07, 6.45) is 4.01. The van der Waals surface area contributed by atoms with Crippen molar-refractivity contribution in [3.8, 4) is 0 Å². The molecular weight excluding hydrogens is 393 g/mol. The third-order valence-electron chi connectivity index (χ3n) is 4.72. The topological polar surface area (TPSA) is 67.8 Å². The molecule has 2 atom stereocenters. The maximum absolute atomic E-state index is 13.0. The van der Waals surface area contributed by atoms with Gasteiger partial charge in [-0.15, -0.1) is 0 Å². The second-order valence-corrected chi connectivity index (χ2v) is 7.69. The molecule has 2 aromatic rings. The van der Waals surface area contributed by atoms with Crippen molar-refractivity contribution >= 4 is 17.2 Å². The molecule has 5 nitrogen and oxygen atoms in total. The summed E-state index contributed by atoms with van der Waals surface area (Å²) in [4.78, 5) is 12.6. The van der Waals surface area contributed by atoms with E-state index in [-0.39, 0.29) is 30.0 Å². The predicted octanol–water partition coefficient (Wildman–Crippen LogP) is 3.75. The Kier molecular flexibility index (Phi) is 8.22. The Balaban J connectivity index is 1.57. The average Bonchev–Trinajstić information content (AvgIpc) is 3.27. The zero-order valence-corrected chi connectivity index (χ0v) is 17.0. The van der Waals surface area contributed by atoms with Gasteiger partial charge in [0, 0.05) is 25.5 Å². The van der Waals surface area contributed by atoms with Gasteiger partial charge in [0.1, 0.15) is 5.82 Å². The van der Waals surface area contributed by atoms with E-state index in [1.54, 1.807) is 23.5 Å². The highest BCUT2D eigenvalue weighted by atomic mass is 32.1. The first-order chi connectivity index (χ1) is 14.2. The minimum Gasteiger partial charge on any atom is -0.459 e. The van der Waals surface area contributed by atoms with Crippen molar-refractivity contribution in [3.63, 3.8) is 0 Å². The van der Waals surface area contributed by atoms with Crippen molar-refractivity contribution < 1.29 is 23.8 Å². The number of allylic oxidation sites excluding steroid dienone is 1. The molecule has 1 amide bonds. The van der Waals surface area contributed by atoms with Gasteiger partial charge in [-0.2, -0.15) is 11.3 Å². The van der Waals surface area contributed by atoms with Crippen molar-refractivity contribution in [2.24, 2.45) is 0 Å². The summed E-state index contributed by atoms with van der Waals surface area (Å²) in [5.74, 6) is -0.242. The van der Waals surface area contributed by atoms with E-state index in [4.69, 9.17) is 14.6 Å². The zero-order valence-electron chi connectivity index (χ0n) is 16.2. The van der Waals surface area contributed by atoms with Crippen LogP contribution in [0.4, 0.5) is 4.39 Å². The van der Waals surface area contributed by atoms with Gasteiger partial charge in [-0.25, -0.2) is 4.39 Å². The maximum Gasteiger partial charge on any atom is 0.286 e. The fourth-order valence-electron chi connectivity index (χ4n) is 3.12. The molecule has 0 fully saturated rings. The summed E-state index contributed by atoms with van der Waals surface area (Å²) in [7, 11) is 0. The molecule has 1 aromatic carbocycles. The highest BCUT2D eigenvalue weighted by molar-refractivity contribution is 7.08. The van der Waals surface area contributed by atoms with E-state index in [1.807, 2.05) is 17.5 Å². The highest BCUT2D eigenvalue weighted by Crippen LogP contribution is 2.32. The number of hydrogen-bond donors (Lipinski definition) is 2. The fraction of sp³-hybridized carbons (Fsp3) is 0.409. The van der Waals surface area contributed by atoms with Gasteiger partial charge in [0.25, 0.3) is 5.91 Å². The van der Waals surface area contributed by atoms with Crippen LogP contribution in [0.3, 0.4) is 0 Å². The van der Waals surface area contributed by atoms with E-state index in [0.717, 1.165) is 17.5 Å². The molecule has 2 N–H and O–H groups in total. The minimum atomic E-state index is -0.499. The van der Waals surface area contributed by atoms with Gasteiger partial charge < -0.3 is 19.9 Å². The molecule has 0 aliphatic carbocycles. The summed E-state index contributed by atoms with van der Waals surface area (Å²) in [6, 6.07) is 8.29. The van der Waals surface area contributed by atoms with Gasteiger partial charge in [-0.05, 0) is 65.4 Å². The summed E-state index contributed by atoms with van der Waals surface area (Å²) in [5.41, 5.74) is 2.09. The fourth-order valence-corrected chi connectivity index (χ4v) is 3.85. The molecule has 0 saturated heterocycles. The van der Waals surface area contributed by atoms with Crippen molar-refractivity contribution in [1.82, 2.24) is 5.32 Å². The van der Waals surface area contributed by atoms with Crippen LogP contribution in [0.25, 0.3) is 0 Å². The lowest BCUT2D eigenvalue weighted by Crippen LogP contribution is -2.34. The number of thiophene rings is 1. The first-order valence-corrected chi connectivity index (χ1v) is 10.8. The Hall–Kier alpha value is -2.22. The molecule has 1 aliphatic rings. The van der Waals surface area contributed by atoms with Crippen LogP contribution >= 0.6 is 11.3 Å². The molecule has 3 rings (SSSR count). The van der Waals surface area contributed by atoms with E-state index in [2.05, 4.69) is 10.7 Å². The summed E-state index contributed by atoms with van der Waals surface area (Å²) < 4.78 is 24.6. The maximum atomic E-state index is 13.0. The van der Waals surface area contributed by atoms with Crippen LogP contribution in [0, 0.1) is 5.82 Å². The predicted molar refractivity (Wildman–Crippen MR) is 110 cm³/mol. The smallest absolute Gasteiger partial charge is 0.286 e. The minimum absolute atomic E-state index is 0.0516. The highest BCUT2D eigenvalue weighted by Gasteiger charge is 2.28. The van der Waals surface area contributed by atoms with Crippen LogP contribution in [0.15, 0.2) is 52.9 Å². The monoisotopic (exact) mass is 419 g/mol. The molecule has 156 valence electrons. The Morgan fingerprint density at radius 3 is 2.83 bits per heavy atom. The molecule has 2 heterocycles. The number of carbonyl (C=O) groups is 1. The first-order valence-electron chi connectivity index (χ1n) is 9.81. The van der Waals surface area contributed by atoms with Gasteiger partial charge in [0.15, 0.2) is 5.76 Å². The van der Waals surface area contributed by atoms with E-state index >= 15 is 0 Å². The molecule has 0 unspecified atom stereocenters. The van der Waals surface area contributed by atoms with Crippen LogP contribution in [0.5, 0.6) is 0 Å². The van der Waals surface area contributed by atoms with Crippen LogP contribution in [0.1, 0.15) is 36.3 Å². The molecule has 1 aliphatic heterocycles. The lowest BCUT2D eigenvalue weighted by Gasteiger charge is -2.29. The first kappa shape index (κ1) is 21.5. The van der Waals surface area contributed by atoms with Crippen molar-refractivity contribution in [2.45, 2.75) is 37.9 Å². The summed E-state index contributed by atoms with van der Waals surface area (Å²) in [5, 5.41) is 15.8. The number of hydrogen-bond acceptors (Lipinski definition) is 5. The Labute approximate surface area is 174 Å². The second kappa shape index (κ2) is 11.1. The van der Waals surface area contributed by atoms with Crippen LogP contribution in [-0.4, -0.2) is 37.1 Å². The lowest BCUT2D eigenvalue weighted by atomic mass is 9.95. The normalized spacial score (nSPS) is 18.8. The molecular formula is C22H26FNO4S. The number of benzene rings is 1. The molecule has 1 aromatic heterocycles. The zero-order chi connectivity index (χ0) is 20.5. The molecule has 0 radical (unpaired) electrons. The Morgan fingerprint density at radius 1 is 1.28 bits per heavy atom. The van der Waals surface area contributed by atoms with E-state index in [1.165, 1.54) is 12.1 Å². The number of aliphatic hydroxyl groups is 1. The second-order valence-electron chi connectivity index (χ2n) is 6.91. The summed E-state index contributed by atoms with van der Waals surface area (Å²) in [6.45, 7) is 1.03. The molecule has 0 saturated carbocycles. The van der Waals surface area contributed by atoms with Crippen molar-refractivity contribution in [1.29, 1.82) is 0 Å². The van der Waals surface area contributed by atoms with E-state index in [0.29, 0.717) is 32.4 Å². The van der Waals surface area contributed by atoms with Crippen LogP contribution in [-0.2, 0) is 20.7 Å². The molecule has 7 heteroatoms. The molecule has 0 spiro atoms. The van der Waals surface area contributed by atoms with Gasteiger partial charge in [0.05, 0.1) is 6.61 Å². The lowest BCUT2D eigenvalue weighted by molar-refractivity contribution is -0.146. The van der Waals surface area contributed by atoms with Gasteiger partial charge >= 0.3 is 0 Å². The van der Waals surface area contributed by atoms with Gasteiger partial charge in [0.2, 0.25) is 6.29 Å². The van der Waals surface area contributed by atoms with Gasteiger partial charge in [-0.1, -0.05) is 12.1 Å². The van der Waals surface area contributed by atoms with Crippen LogP contribution in [0.2, 0.25) is 0 Å². The third kappa shape index (κ3) is 6.66. The van der Waals surface area contributed by atoms with Crippen LogP contribution < -0.4 is 5.32 Å². The van der Waals surface area contributed by atoms with Gasteiger partial charge in [-0.3, -0.25) is 4.79 Å². The molecule has 29 heavy (non-hydrogen) atoms. The standard InChI is InChI=1S/C22H26FNO4S/c23-19-5-3-16(4-6-19)7-9-24-22(26)20-13-18(17-8-12-29-15-17)14-21(28-20)27-11-2-1-10-25/h3-6,8,12-13,15,18,21,25H,1-2,7,9-11,14H2,(H,24,26)/t18-,21+/m1/s1. The van der Waals surface area contributed by atoms with E-state index in [9.17, 15) is 9.18 Å². The number of halogens is 1. The number of nitrogens with one attached hydrogen (secondary N) is 1. The third-order valence-corrected chi connectivity index (χ3v) is 5.42. The number of amides is 1. The number of unbranched alkanes of at least 4 members (excludes halogenated alkanes) is 1. The number of ether oxygens (including phenoxy) is 2. The summed E-state index contributed by atoms with van der Waals surface area (Å²) >= 11 is 1.62. The van der Waals surface area contributed by atoms with Crippen molar-refractivity contribution in [2.75, 3.05) is 19.8 Å². The number of rotatable bonds is 10. The number of carbonyl (C=O) groups excluding carboxylic acids is 1. The largest absolute Gasteiger partial charge is 0.459 e. The average molecular weight is 420 g/mol. The molecule has 0 bridgehead atoms. The van der Waals surface area contributed by atoms with E-state index < -0.39 is 6.29 Å². The Morgan fingerprint density at radius 2 is 2.10 bits per heavy atom. The quantitative estimate of drug-likeness (QED) is 0.576. The SMILES string of the molecule is O=C(NCCc1ccc(F)cc1)C1=C[C@@H](c2ccsc2)C[C@@H](OCCCCO)O1.